The van der Waals surface area contributed by atoms with Crippen molar-refractivity contribution in [3.8, 4) is 0 Å². The van der Waals surface area contributed by atoms with Crippen molar-refractivity contribution >= 4 is 0 Å². The van der Waals surface area contributed by atoms with Crippen molar-refractivity contribution in [1.29, 1.82) is 0 Å². The minimum absolute atomic E-state index is 1.03. The van der Waals surface area contributed by atoms with E-state index in [1.807, 2.05) is 41.5 Å². The zero-order valence-corrected chi connectivity index (χ0v) is 9.49. The average molecular weight is 170 g/mol. The molecule has 72 valence electrons. The van der Waals surface area contributed by atoms with Crippen molar-refractivity contribution in [1.82, 2.24) is 0 Å². The highest BCUT2D eigenvalue weighted by atomic mass is 16.3. The van der Waals surface area contributed by atoms with Crippen molar-refractivity contribution in [2.75, 3.05) is 0 Å². The first kappa shape index (κ1) is 13.8. The van der Waals surface area contributed by atoms with E-state index in [9.17, 15) is 0 Å². The highest BCUT2D eigenvalue weighted by Gasteiger charge is 1.97. The second-order valence-corrected chi connectivity index (χ2v) is 2.10. The first-order valence-corrected chi connectivity index (χ1v) is 4.73. The van der Waals surface area contributed by atoms with Gasteiger partial charge in [0.25, 0.3) is 0 Å². The molecule has 12 heavy (non-hydrogen) atoms. The molecule has 0 atom stereocenters. The molecule has 1 heterocycles. The third-order valence-corrected chi connectivity index (χ3v) is 1.53. The number of rotatable bonds is 0. The second kappa shape index (κ2) is 8.38. The smallest absolute Gasteiger partial charge is 0.103 e. The Balaban J connectivity index is 0. The molecule has 1 rings (SSSR count). The van der Waals surface area contributed by atoms with Gasteiger partial charge in [-0.05, 0) is 31.9 Å². The molecule has 0 N–H and O–H groups in total. The molecule has 1 nitrogen and oxygen atoms in total. The van der Waals surface area contributed by atoms with Crippen LogP contribution in [0.25, 0.3) is 0 Å². The van der Waals surface area contributed by atoms with E-state index < -0.39 is 0 Å². The monoisotopic (exact) mass is 170 g/mol. The molecule has 1 aromatic heterocycles. The SMILES string of the molecule is CC.CC.Cc1coc(C)c1C. The lowest BCUT2D eigenvalue weighted by Crippen LogP contribution is -1.71. The fourth-order valence-electron chi connectivity index (χ4n) is 0.631. The summed E-state index contributed by atoms with van der Waals surface area (Å²) in [6, 6.07) is 0. The molecule has 1 heteroatoms. The van der Waals surface area contributed by atoms with E-state index in [-0.39, 0.29) is 0 Å². The first-order valence-electron chi connectivity index (χ1n) is 4.73. The maximum atomic E-state index is 5.09. The van der Waals surface area contributed by atoms with Crippen molar-refractivity contribution in [2.24, 2.45) is 0 Å². The zero-order valence-electron chi connectivity index (χ0n) is 9.49. The molecule has 0 aliphatic heterocycles. The van der Waals surface area contributed by atoms with Gasteiger partial charge >= 0.3 is 0 Å². The van der Waals surface area contributed by atoms with Crippen LogP contribution in [0, 0.1) is 20.8 Å². The third kappa shape index (κ3) is 4.22. The van der Waals surface area contributed by atoms with Gasteiger partial charge in [-0.25, -0.2) is 0 Å². The summed E-state index contributed by atoms with van der Waals surface area (Å²) in [7, 11) is 0. The van der Waals surface area contributed by atoms with Crippen LogP contribution in [0.5, 0.6) is 0 Å². The van der Waals surface area contributed by atoms with Crippen LogP contribution < -0.4 is 0 Å². The van der Waals surface area contributed by atoms with Gasteiger partial charge in [-0.3, -0.25) is 0 Å². The highest BCUT2D eigenvalue weighted by molar-refractivity contribution is 5.23. The normalized spacial score (nSPS) is 7.58. The Labute approximate surface area is 76.8 Å². The number of hydrogen-bond acceptors (Lipinski definition) is 1. The first-order chi connectivity index (χ1) is 5.72. The van der Waals surface area contributed by atoms with Gasteiger partial charge in [0.1, 0.15) is 5.76 Å². The average Bonchev–Trinajstić information content (AvgIpc) is 2.43. The topological polar surface area (TPSA) is 13.1 Å². The van der Waals surface area contributed by atoms with Gasteiger partial charge < -0.3 is 4.42 Å². The Kier molecular flexibility index (Phi) is 9.66. The fourth-order valence-corrected chi connectivity index (χ4v) is 0.631. The predicted molar refractivity (Wildman–Crippen MR) is 55.6 cm³/mol. The third-order valence-electron chi connectivity index (χ3n) is 1.53. The van der Waals surface area contributed by atoms with E-state index >= 15 is 0 Å². The number of hydrogen-bond donors (Lipinski definition) is 0. The summed E-state index contributed by atoms with van der Waals surface area (Å²) in [5.41, 5.74) is 2.51. The Morgan fingerprint density at radius 3 is 1.42 bits per heavy atom. The van der Waals surface area contributed by atoms with Gasteiger partial charge in [0, 0.05) is 0 Å². The molecule has 0 saturated carbocycles. The van der Waals surface area contributed by atoms with Crippen LogP contribution in [0.2, 0.25) is 0 Å². The van der Waals surface area contributed by atoms with Crippen LogP contribution in [-0.4, -0.2) is 0 Å². The van der Waals surface area contributed by atoms with Gasteiger partial charge in [0.05, 0.1) is 6.26 Å². The summed E-state index contributed by atoms with van der Waals surface area (Å²) in [6.45, 7) is 14.1. The molecule has 0 radical (unpaired) electrons. The quantitative estimate of drug-likeness (QED) is 0.567. The Hall–Kier alpha value is -0.720. The van der Waals surface area contributed by atoms with E-state index in [1.54, 1.807) is 6.26 Å². The zero-order chi connectivity index (χ0) is 10.1. The molecule has 0 saturated heterocycles. The minimum atomic E-state index is 1.03. The van der Waals surface area contributed by atoms with E-state index in [0.717, 1.165) is 5.76 Å². The Morgan fingerprint density at radius 2 is 1.33 bits per heavy atom. The second-order valence-electron chi connectivity index (χ2n) is 2.10. The molecule has 1 aromatic rings. The van der Waals surface area contributed by atoms with Crippen molar-refractivity contribution < 1.29 is 4.42 Å². The lowest BCUT2D eigenvalue weighted by atomic mass is 10.2. The molecule has 0 aliphatic carbocycles. The number of aryl methyl sites for hydroxylation is 2. The largest absolute Gasteiger partial charge is 0.469 e. The molecule has 0 aromatic carbocycles. The van der Waals surface area contributed by atoms with Crippen molar-refractivity contribution in [3.63, 3.8) is 0 Å². The van der Waals surface area contributed by atoms with Crippen LogP contribution >= 0.6 is 0 Å². The van der Waals surface area contributed by atoms with Crippen LogP contribution in [0.3, 0.4) is 0 Å². The molecule has 0 amide bonds. The lowest BCUT2D eigenvalue weighted by Gasteiger charge is -1.83. The summed E-state index contributed by atoms with van der Waals surface area (Å²) in [4.78, 5) is 0. The summed E-state index contributed by atoms with van der Waals surface area (Å²) >= 11 is 0. The highest BCUT2D eigenvalue weighted by Crippen LogP contribution is 2.12. The lowest BCUT2D eigenvalue weighted by molar-refractivity contribution is 0.530. The molecule has 0 spiro atoms. The van der Waals surface area contributed by atoms with E-state index in [4.69, 9.17) is 4.42 Å². The fraction of sp³-hybridized carbons (Fsp3) is 0.636. The molecule has 0 fully saturated rings. The Bertz CT molecular complexity index is 167. The predicted octanol–water partition coefficient (Wildman–Crippen LogP) is 4.26. The van der Waals surface area contributed by atoms with Crippen LogP contribution in [0.1, 0.15) is 44.6 Å². The van der Waals surface area contributed by atoms with Crippen molar-refractivity contribution in [3.05, 3.63) is 23.2 Å². The van der Waals surface area contributed by atoms with Crippen LogP contribution in [-0.2, 0) is 0 Å². The summed E-state index contributed by atoms with van der Waals surface area (Å²) < 4.78 is 5.09. The van der Waals surface area contributed by atoms with Crippen LogP contribution in [0.4, 0.5) is 0 Å². The molecule has 0 unspecified atom stereocenters. The summed E-state index contributed by atoms with van der Waals surface area (Å²) in [5, 5.41) is 0. The summed E-state index contributed by atoms with van der Waals surface area (Å²) in [6.07, 6.45) is 1.78. The van der Waals surface area contributed by atoms with E-state index in [1.165, 1.54) is 11.1 Å². The molecule has 0 aliphatic rings. The van der Waals surface area contributed by atoms with Gasteiger partial charge in [-0.2, -0.15) is 0 Å². The van der Waals surface area contributed by atoms with E-state index in [0.29, 0.717) is 0 Å². The van der Waals surface area contributed by atoms with Crippen molar-refractivity contribution in [2.45, 2.75) is 48.5 Å². The van der Waals surface area contributed by atoms with Gasteiger partial charge in [-0.15, -0.1) is 0 Å². The minimum Gasteiger partial charge on any atom is -0.469 e. The molecular formula is C11H22O. The van der Waals surface area contributed by atoms with Gasteiger partial charge in [-0.1, -0.05) is 27.7 Å². The Morgan fingerprint density at radius 1 is 0.917 bits per heavy atom. The summed E-state index contributed by atoms with van der Waals surface area (Å²) in [5.74, 6) is 1.03. The standard InChI is InChI=1S/C7H10O.2C2H6/c1-5-4-8-7(3)6(5)2;2*1-2/h4H,1-3H3;2*1-2H3. The van der Waals surface area contributed by atoms with Crippen LogP contribution in [0.15, 0.2) is 10.7 Å². The maximum Gasteiger partial charge on any atom is 0.103 e. The van der Waals surface area contributed by atoms with E-state index in [2.05, 4.69) is 6.92 Å². The number of furan rings is 1. The molecular weight excluding hydrogens is 148 g/mol. The maximum absolute atomic E-state index is 5.09. The van der Waals surface area contributed by atoms with Gasteiger partial charge in [0.2, 0.25) is 0 Å². The van der Waals surface area contributed by atoms with Gasteiger partial charge in [0.15, 0.2) is 0 Å². The molecule has 0 bridgehead atoms.